The van der Waals surface area contributed by atoms with Crippen LogP contribution < -0.4 is 15.4 Å². The quantitative estimate of drug-likeness (QED) is 0.361. The molecule has 0 bridgehead atoms. The SMILES string of the molecule is Cc1ccnc(Nc2ccc(NCCNS(=O)(=O)c3cccc4cccnc34)nn2)c1. The summed E-state index contributed by atoms with van der Waals surface area (Å²) >= 11 is 0. The Balaban J connectivity index is 1.32. The zero-order valence-corrected chi connectivity index (χ0v) is 17.6. The fourth-order valence-corrected chi connectivity index (χ4v) is 4.18. The Bertz CT molecular complexity index is 1290. The van der Waals surface area contributed by atoms with Crippen molar-refractivity contribution in [2.24, 2.45) is 0 Å². The van der Waals surface area contributed by atoms with Gasteiger partial charge in [-0.15, -0.1) is 10.2 Å². The molecule has 0 aliphatic rings. The summed E-state index contributed by atoms with van der Waals surface area (Å²) in [7, 11) is -3.69. The lowest BCUT2D eigenvalue weighted by molar-refractivity contribution is 0.583. The van der Waals surface area contributed by atoms with Crippen LogP contribution in [0.5, 0.6) is 0 Å². The highest BCUT2D eigenvalue weighted by Crippen LogP contribution is 2.20. The topological polar surface area (TPSA) is 122 Å². The number of hydrogen-bond donors (Lipinski definition) is 3. The van der Waals surface area contributed by atoms with Gasteiger partial charge in [0.25, 0.3) is 0 Å². The van der Waals surface area contributed by atoms with Gasteiger partial charge in [-0.2, -0.15) is 0 Å². The van der Waals surface area contributed by atoms with Crippen LogP contribution in [-0.2, 0) is 10.0 Å². The van der Waals surface area contributed by atoms with Crippen molar-refractivity contribution in [1.82, 2.24) is 24.9 Å². The summed E-state index contributed by atoms with van der Waals surface area (Å²) in [6, 6.07) is 16.0. The number of para-hydroxylation sites is 1. The fourth-order valence-electron chi connectivity index (χ4n) is 2.98. The third-order valence-electron chi connectivity index (χ3n) is 4.44. The highest BCUT2D eigenvalue weighted by molar-refractivity contribution is 7.89. The summed E-state index contributed by atoms with van der Waals surface area (Å²) in [6.07, 6.45) is 3.30. The molecular formula is C21H21N7O2S. The predicted molar refractivity (Wildman–Crippen MR) is 120 cm³/mol. The lowest BCUT2D eigenvalue weighted by atomic mass is 10.2. The van der Waals surface area contributed by atoms with Gasteiger partial charge in [-0.25, -0.2) is 18.1 Å². The van der Waals surface area contributed by atoms with E-state index in [9.17, 15) is 8.42 Å². The molecule has 31 heavy (non-hydrogen) atoms. The summed E-state index contributed by atoms with van der Waals surface area (Å²) in [4.78, 5) is 8.58. The van der Waals surface area contributed by atoms with E-state index in [1.165, 1.54) is 0 Å². The van der Waals surface area contributed by atoms with Gasteiger partial charge < -0.3 is 10.6 Å². The molecule has 9 nitrogen and oxygen atoms in total. The molecule has 1 aromatic carbocycles. The molecule has 0 aliphatic heterocycles. The Hall–Kier alpha value is -3.63. The van der Waals surface area contributed by atoms with E-state index >= 15 is 0 Å². The summed E-state index contributed by atoms with van der Waals surface area (Å²) in [5.41, 5.74) is 1.54. The van der Waals surface area contributed by atoms with Crippen molar-refractivity contribution < 1.29 is 8.42 Å². The fraction of sp³-hybridized carbons (Fsp3) is 0.143. The number of rotatable bonds is 8. The first-order chi connectivity index (χ1) is 15.0. The zero-order valence-electron chi connectivity index (χ0n) is 16.8. The first kappa shape index (κ1) is 20.6. The van der Waals surface area contributed by atoms with Gasteiger partial charge >= 0.3 is 0 Å². The molecule has 158 valence electrons. The third-order valence-corrected chi connectivity index (χ3v) is 5.94. The average molecular weight is 436 g/mol. The normalized spacial score (nSPS) is 11.4. The Labute approximate surface area is 180 Å². The molecule has 4 rings (SSSR count). The number of sulfonamides is 1. The second-order valence-corrected chi connectivity index (χ2v) is 8.54. The number of nitrogens with zero attached hydrogens (tertiary/aromatic N) is 4. The smallest absolute Gasteiger partial charge is 0.242 e. The van der Waals surface area contributed by atoms with Gasteiger partial charge in [0.1, 0.15) is 16.5 Å². The van der Waals surface area contributed by atoms with E-state index in [2.05, 4.69) is 35.5 Å². The number of fused-ring (bicyclic) bond motifs is 1. The molecule has 0 radical (unpaired) electrons. The molecule has 0 amide bonds. The number of aromatic nitrogens is 4. The van der Waals surface area contributed by atoms with Crippen molar-refractivity contribution in [2.45, 2.75) is 11.8 Å². The van der Waals surface area contributed by atoms with E-state index < -0.39 is 10.0 Å². The van der Waals surface area contributed by atoms with E-state index in [1.807, 2.05) is 31.2 Å². The minimum absolute atomic E-state index is 0.158. The minimum Gasteiger partial charge on any atom is -0.367 e. The second-order valence-electron chi connectivity index (χ2n) is 6.80. The molecule has 0 saturated heterocycles. The van der Waals surface area contributed by atoms with Crippen LogP contribution >= 0.6 is 0 Å². The molecule has 4 aromatic rings. The number of anilines is 3. The van der Waals surface area contributed by atoms with Gasteiger partial charge in [0.05, 0.1) is 5.52 Å². The van der Waals surface area contributed by atoms with Crippen LogP contribution in [0.3, 0.4) is 0 Å². The zero-order chi connectivity index (χ0) is 21.7. The predicted octanol–water partition coefficient (Wildman–Crippen LogP) is 2.86. The van der Waals surface area contributed by atoms with Crippen molar-refractivity contribution in [3.05, 3.63) is 72.6 Å². The van der Waals surface area contributed by atoms with Crippen molar-refractivity contribution in [3.8, 4) is 0 Å². The van der Waals surface area contributed by atoms with Crippen LogP contribution in [0.2, 0.25) is 0 Å². The molecule has 0 unspecified atom stereocenters. The molecule has 10 heteroatoms. The summed E-state index contributed by atoms with van der Waals surface area (Å²) in [5, 5.41) is 15.1. The van der Waals surface area contributed by atoms with Crippen LogP contribution in [-0.4, -0.2) is 41.7 Å². The first-order valence-electron chi connectivity index (χ1n) is 9.62. The van der Waals surface area contributed by atoms with E-state index in [0.717, 1.165) is 10.9 Å². The number of pyridine rings is 2. The van der Waals surface area contributed by atoms with Gasteiger partial charge in [-0.3, -0.25) is 4.98 Å². The molecule has 0 spiro atoms. The Morgan fingerprint density at radius 1 is 0.839 bits per heavy atom. The minimum atomic E-state index is -3.69. The number of benzene rings is 1. The Kier molecular flexibility index (Phi) is 6.01. The van der Waals surface area contributed by atoms with Crippen LogP contribution in [0.4, 0.5) is 17.5 Å². The molecule has 0 atom stereocenters. The number of aryl methyl sites for hydroxylation is 1. The van der Waals surface area contributed by atoms with Gasteiger partial charge in [-0.05, 0) is 48.9 Å². The molecule has 0 saturated carbocycles. The van der Waals surface area contributed by atoms with Crippen molar-refractivity contribution in [2.75, 3.05) is 23.7 Å². The number of hydrogen-bond acceptors (Lipinski definition) is 8. The Morgan fingerprint density at radius 3 is 2.45 bits per heavy atom. The van der Waals surface area contributed by atoms with E-state index in [1.54, 1.807) is 42.7 Å². The van der Waals surface area contributed by atoms with Gasteiger partial charge in [0, 0.05) is 30.9 Å². The highest BCUT2D eigenvalue weighted by Gasteiger charge is 2.17. The van der Waals surface area contributed by atoms with Crippen LogP contribution in [0.15, 0.2) is 71.9 Å². The van der Waals surface area contributed by atoms with E-state index in [0.29, 0.717) is 29.5 Å². The molecule has 0 aliphatic carbocycles. The maximum absolute atomic E-state index is 12.7. The highest BCUT2D eigenvalue weighted by atomic mass is 32.2. The molecule has 3 heterocycles. The average Bonchev–Trinajstić information content (AvgIpc) is 2.77. The standard InChI is InChI=1S/C21H21N7O2S/c1-15-9-11-22-20(14-15)26-19-8-7-18(27-28-19)23-12-13-25-31(29,30)17-6-2-4-16-5-3-10-24-21(16)17/h2-11,14,25H,12-13H2,1H3,(H,23,27)(H,22,26,28). The summed E-state index contributed by atoms with van der Waals surface area (Å²) in [5.74, 6) is 1.79. The van der Waals surface area contributed by atoms with Gasteiger partial charge in [0.2, 0.25) is 10.0 Å². The molecular weight excluding hydrogens is 414 g/mol. The Morgan fingerprint density at radius 2 is 1.65 bits per heavy atom. The lowest BCUT2D eigenvalue weighted by Crippen LogP contribution is -2.29. The van der Waals surface area contributed by atoms with Gasteiger partial charge in [0.15, 0.2) is 5.82 Å². The molecule has 0 fully saturated rings. The summed E-state index contributed by atoms with van der Waals surface area (Å²) < 4.78 is 27.9. The van der Waals surface area contributed by atoms with Crippen molar-refractivity contribution in [3.63, 3.8) is 0 Å². The third kappa shape index (κ3) is 5.11. The summed E-state index contributed by atoms with van der Waals surface area (Å²) in [6.45, 7) is 2.51. The maximum atomic E-state index is 12.7. The maximum Gasteiger partial charge on any atom is 0.242 e. The van der Waals surface area contributed by atoms with Crippen LogP contribution in [0.1, 0.15) is 5.56 Å². The van der Waals surface area contributed by atoms with Crippen molar-refractivity contribution in [1.29, 1.82) is 0 Å². The first-order valence-corrected chi connectivity index (χ1v) is 11.1. The monoisotopic (exact) mass is 435 g/mol. The van der Waals surface area contributed by atoms with Crippen LogP contribution in [0, 0.1) is 6.92 Å². The van der Waals surface area contributed by atoms with E-state index in [4.69, 9.17) is 0 Å². The molecule has 3 N–H and O–H groups in total. The largest absolute Gasteiger partial charge is 0.367 e. The van der Waals surface area contributed by atoms with Crippen molar-refractivity contribution >= 4 is 38.4 Å². The number of nitrogens with one attached hydrogen (secondary N) is 3. The van der Waals surface area contributed by atoms with Gasteiger partial charge in [-0.1, -0.05) is 18.2 Å². The molecule has 3 aromatic heterocycles. The second kappa shape index (κ2) is 9.02. The van der Waals surface area contributed by atoms with E-state index in [-0.39, 0.29) is 11.4 Å². The lowest BCUT2D eigenvalue weighted by Gasteiger charge is -2.10. The van der Waals surface area contributed by atoms with Crippen LogP contribution in [0.25, 0.3) is 10.9 Å².